The van der Waals surface area contributed by atoms with Gasteiger partial charge in [-0.2, -0.15) is 0 Å². The van der Waals surface area contributed by atoms with Crippen LogP contribution in [0.3, 0.4) is 0 Å². The van der Waals surface area contributed by atoms with Crippen molar-refractivity contribution in [3.8, 4) is 5.75 Å². The van der Waals surface area contributed by atoms with Crippen LogP contribution in [0.2, 0.25) is 0 Å². The fraction of sp³-hybridized carbons (Fsp3) is 0.375. The molecule has 0 heterocycles. The van der Waals surface area contributed by atoms with Crippen LogP contribution in [0.5, 0.6) is 5.75 Å². The highest BCUT2D eigenvalue weighted by atomic mass is 79.9. The number of halogens is 3. The predicted molar refractivity (Wildman–Crippen MR) is 159 cm³/mol. The van der Waals surface area contributed by atoms with Crippen molar-refractivity contribution < 1.29 is 38.4 Å². The summed E-state index contributed by atoms with van der Waals surface area (Å²) in [4.78, 5) is 58.0. The van der Waals surface area contributed by atoms with E-state index in [2.05, 4.69) is 31.5 Å². The topological polar surface area (TPSA) is 205 Å². The number of anilines is 2. The Balaban J connectivity index is 2.63. The molecule has 2 rings (SSSR count). The lowest BCUT2D eigenvalue weighted by Gasteiger charge is -2.27. The van der Waals surface area contributed by atoms with Crippen molar-refractivity contribution in [3.05, 3.63) is 49.0 Å². The molecule has 0 atom stereocenters. The standard InChI is InChI=1S/C24H25BrCl2N6O10/c1-3-41-21-11-18(29-30-24-16(25)8-15(32(37)38)9-20(24)33(39)40)17(28-14(2)34)10-19(21)31(4-6-42-22(35)12-26)5-7-43-23(36)13-27/h8-11H,3-7,12-13H2,1-2H3,(H,28,34). The zero-order valence-corrected chi connectivity index (χ0v) is 25.8. The molecule has 0 bridgehead atoms. The molecule has 2 aromatic rings. The number of nitrogens with one attached hydrogen (secondary N) is 1. The number of carbonyl (C=O) groups is 3. The molecule has 1 amide bonds. The third kappa shape index (κ3) is 10.6. The molecule has 0 spiro atoms. The van der Waals surface area contributed by atoms with Gasteiger partial charge in [-0.3, -0.25) is 34.6 Å². The van der Waals surface area contributed by atoms with Gasteiger partial charge >= 0.3 is 17.6 Å². The summed E-state index contributed by atoms with van der Waals surface area (Å²) >= 11 is 14.1. The lowest BCUT2D eigenvalue weighted by Crippen LogP contribution is -2.33. The van der Waals surface area contributed by atoms with E-state index in [4.69, 9.17) is 37.4 Å². The third-order valence-corrected chi connectivity index (χ3v) is 6.23. The lowest BCUT2D eigenvalue weighted by atomic mass is 10.2. The second kappa shape index (κ2) is 17.1. The van der Waals surface area contributed by atoms with Gasteiger partial charge in [-0.05, 0) is 28.9 Å². The summed E-state index contributed by atoms with van der Waals surface area (Å²) < 4.78 is 15.9. The van der Waals surface area contributed by atoms with Crippen LogP contribution < -0.4 is 15.0 Å². The molecular formula is C24H25BrCl2N6O10. The Kier molecular flexibility index (Phi) is 14.0. The minimum atomic E-state index is -0.846. The zero-order chi connectivity index (χ0) is 32.1. The van der Waals surface area contributed by atoms with Gasteiger partial charge in [0.05, 0.1) is 51.5 Å². The number of non-ortho nitro benzene ring substituents is 1. The highest BCUT2D eigenvalue weighted by Gasteiger charge is 2.24. The van der Waals surface area contributed by atoms with Crippen molar-refractivity contribution in [2.45, 2.75) is 13.8 Å². The Hall–Kier alpha value is -4.09. The van der Waals surface area contributed by atoms with Gasteiger partial charge in [0.1, 0.15) is 36.4 Å². The maximum Gasteiger partial charge on any atom is 0.320 e. The summed E-state index contributed by atoms with van der Waals surface area (Å²) in [5, 5.41) is 33.4. The molecule has 0 saturated carbocycles. The summed E-state index contributed by atoms with van der Waals surface area (Å²) in [7, 11) is 0. The number of rotatable bonds is 16. The number of ether oxygens (including phenoxy) is 3. The van der Waals surface area contributed by atoms with E-state index in [0.29, 0.717) is 5.69 Å². The number of nitro groups is 2. The number of esters is 2. The Morgan fingerprint density at radius 3 is 2.07 bits per heavy atom. The van der Waals surface area contributed by atoms with Crippen LogP contribution in [0.1, 0.15) is 13.8 Å². The molecule has 232 valence electrons. The number of hydrogen-bond donors (Lipinski definition) is 1. The van der Waals surface area contributed by atoms with Crippen LogP contribution in [0.15, 0.2) is 39.0 Å². The number of carbonyl (C=O) groups excluding carboxylic acids is 3. The Morgan fingerprint density at radius 1 is 0.977 bits per heavy atom. The van der Waals surface area contributed by atoms with Crippen molar-refractivity contribution >= 4 is 91.1 Å². The van der Waals surface area contributed by atoms with Crippen LogP contribution in [0, 0.1) is 20.2 Å². The van der Waals surface area contributed by atoms with E-state index >= 15 is 0 Å². The first-order valence-electron chi connectivity index (χ1n) is 12.2. The van der Waals surface area contributed by atoms with E-state index in [9.17, 15) is 34.6 Å². The van der Waals surface area contributed by atoms with Gasteiger partial charge in [-0.15, -0.1) is 33.4 Å². The lowest BCUT2D eigenvalue weighted by molar-refractivity contribution is -0.393. The number of hydrogen-bond acceptors (Lipinski definition) is 13. The largest absolute Gasteiger partial charge is 0.492 e. The van der Waals surface area contributed by atoms with Crippen LogP contribution in [-0.4, -0.2) is 72.4 Å². The number of nitro benzene ring substituents is 2. The molecule has 2 aromatic carbocycles. The Bertz CT molecular complexity index is 1390. The third-order valence-electron chi connectivity index (χ3n) is 5.19. The minimum absolute atomic E-state index is 0.0176. The first kappa shape index (κ1) is 35.1. The van der Waals surface area contributed by atoms with Gasteiger partial charge < -0.3 is 24.4 Å². The number of alkyl halides is 2. The highest BCUT2D eigenvalue weighted by molar-refractivity contribution is 9.10. The molecule has 0 aliphatic rings. The summed E-state index contributed by atoms with van der Waals surface area (Å²) in [5.41, 5.74) is -1.03. The quantitative estimate of drug-likeness (QED) is 0.0767. The van der Waals surface area contributed by atoms with Gasteiger partial charge in [-0.1, -0.05) is 0 Å². The van der Waals surface area contributed by atoms with E-state index in [1.54, 1.807) is 11.8 Å². The first-order chi connectivity index (χ1) is 20.4. The van der Waals surface area contributed by atoms with Crippen molar-refractivity contribution in [3.63, 3.8) is 0 Å². The maximum atomic E-state index is 12.1. The Morgan fingerprint density at radius 2 is 1.58 bits per heavy atom. The average Bonchev–Trinajstić information content (AvgIpc) is 2.95. The number of amides is 1. The molecule has 16 nitrogen and oxygen atoms in total. The van der Waals surface area contributed by atoms with E-state index in [1.165, 1.54) is 19.1 Å². The summed E-state index contributed by atoms with van der Waals surface area (Å²) in [5.74, 6) is -2.29. The second-order valence-electron chi connectivity index (χ2n) is 8.16. The second-order valence-corrected chi connectivity index (χ2v) is 9.54. The van der Waals surface area contributed by atoms with E-state index in [0.717, 1.165) is 12.1 Å². The molecule has 19 heteroatoms. The molecule has 0 fully saturated rings. The van der Waals surface area contributed by atoms with Gasteiger partial charge in [0, 0.05) is 19.1 Å². The predicted octanol–water partition coefficient (Wildman–Crippen LogP) is 5.41. The van der Waals surface area contributed by atoms with Crippen LogP contribution in [0.25, 0.3) is 0 Å². The van der Waals surface area contributed by atoms with E-state index in [-0.39, 0.29) is 72.0 Å². The van der Waals surface area contributed by atoms with E-state index in [1.807, 2.05) is 0 Å². The van der Waals surface area contributed by atoms with Crippen molar-refractivity contribution in [1.29, 1.82) is 0 Å². The molecule has 1 N–H and O–H groups in total. The SMILES string of the molecule is CCOc1cc(N=Nc2c(Br)cc([N+](=O)[O-])cc2[N+](=O)[O-])c(NC(C)=O)cc1N(CCOC(=O)CCl)CCOC(=O)CCl. The average molecular weight is 708 g/mol. The van der Waals surface area contributed by atoms with E-state index < -0.39 is 39.1 Å². The molecular weight excluding hydrogens is 683 g/mol. The number of azo groups is 1. The molecule has 43 heavy (non-hydrogen) atoms. The van der Waals surface area contributed by atoms with Crippen molar-refractivity contribution in [1.82, 2.24) is 0 Å². The van der Waals surface area contributed by atoms with Crippen LogP contribution in [-0.2, 0) is 23.9 Å². The van der Waals surface area contributed by atoms with Gasteiger partial charge in [0.25, 0.3) is 5.69 Å². The zero-order valence-electron chi connectivity index (χ0n) is 22.7. The van der Waals surface area contributed by atoms with Gasteiger partial charge in [0.2, 0.25) is 5.91 Å². The fourth-order valence-electron chi connectivity index (χ4n) is 3.44. The summed E-state index contributed by atoms with van der Waals surface area (Å²) in [6.45, 7) is 3.10. The first-order valence-corrected chi connectivity index (χ1v) is 14.1. The maximum absolute atomic E-state index is 12.1. The fourth-order valence-corrected chi connectivity index (χ4v) is 4.11. The Labute approximate surface area is 262 Å². The summed E-state index contributed by atoms with van der Waals surface area (Å²) in [6.07, 6.45) is 0. The molecule has 0 aliphatic carbocycles. The highest BCUT2D eigenvalue weighted by Crippen LogP contribution is 2.43. The molecule has 0 saturated heterocycles. The molecule has 0 unspecified atom stereocenters. The number of nitrogens with zero attached hydrogens (tertiary/aromatic N) is 5. The van der Waals surface area contributed by atoms with Crippen molar-refractivity contribution in [2.24, 2.45) is 10.2 Å². The van der Waals surface area contributed by atoms with Gasteiger partial charge in [0.15, 0.2) is 5.69 Å². The number of benzene rings is 2. The van der Waals surface area contributed by atoms with Gasteiger partial charge in [-0.25, -0.2) is 0 Å². The normalized spacial score (nSPS) is 10.7. The smallest absolute Gasteiger partial charge is 0.320 e. The molecule has 0 aliphatic heterocycles. The molecule has 0 radical (unpaired) electrons. The monoisotopic (exact) mass is 706 g/mol. The molecule has 0 aromatic heterocycles. The van der Waals surface area contributed by atoms with Crippen LogP contribution in [0.4, 0.5) is 34.1 Å². The minimum Gasteiger partial charge on any atom is -0.492 e. The summed E-state index contributed by atoms with van der Waals surface area (Å²) in [6, 6.07) is 4.67. The van der Waals surface area contributed by atoms with Crippen LogP contribution >= 0.6 is 39.1 Å². The van der Waals surface area contributed by atoms with Crippen molar-refractivity contribution in [2.75, 3.05) is 54.9 Å².